The van der Waals surface area contributed by atoms with E-state index in [1.165, 1.54) is 12.5 Å². The van der Waals surface area contributed by atoms with E-state index in [1.54, 1.807) is 6.07 Å². The van der Waals surface area contributed by atoms with Crippen LogP contribution < -0.4 is 5.32 Å². The van der Waals surface area contributed by atoms with Crippen molar-refractivity contribution in [3.63, 3.8) is 0 Å². The minimum atomic E-state index is -0.797. The number of rotatable bonds is 4. The fourth-order valence-electron chi connectivity index (χ4n) is 2.22. The first kappa shape index (κ1) is 14.2. The van der Waals surface area contributed by atoms with Crippen molar-refractivity contribution in [2.24, 2.45) is 0 Å². The molecular formula is C15H20F2N2. The Kier molecular flexibility index (Phi) is 5.48. The molecule has 0 aromatic heterocycles. The highest BCUT2D eigenvalue weighted by Crippen LogP contribution is 2.10. The van der Waals surface area contributed by atoms with E-state index in [1.807, 2.05) is 12.2 Å². The third kappa shape index (κ3) is 4.73. The first-order valence-corrected chi connectivity index (χ1v) is 6.80. The second kappa shape index (κ2) is 7.36. The molecule has 0 saturated carbocycles. The van der Waals surface area contributed by atoms with Gasteiger partial charge in [0.1, 0.15) is 0 Å². The molecule has 104 valence electrons. The Hall–Kier alpha value is -1.26. The predicted octanol–water partition coefficient (Wildman–Crippen LogP) is 2.66. The van der Waals surface area contributed by atoms with Gasteiger partial charge < -0.3 is 10.2 Å². The summed E-state index contributed by atoms with van der Waals surface area (Å²) in [6.45, 7) is 5.38. The molecule has 2 nitrogen and oxygen atoms in total. The van der Waals surface area contributed by atoms with Crippen LogP contribution in [-0.4, -0.2) is 37.6 Å². The standard InChI is InChI=1S/C15H20F2N2/c16-14-6-5-13(12-15(14)17)4-1-2-9-19-10-3-7-18-8-11-19/h1,4-6,12,18H,2-3,7-11H2/b4-1+. The zero-order valence-corrected chi connectivity index (χ0v) is 11.0. The van der Waals surface area contributed by atoms with Gasteiger partial charge in [0.2, 0.25) is 0 Å². The van der Waals surface area contributed by atoms with Gasteiger partial charge in [0, 0.05) is 19.6 Å². The van der Waals surface area contributed by atoms with Crippen LogP contribution in [0.5, 0.6) is 0 Å². The van der Waals surface area contributed by atoms with Crippen LogP contribution in [-0.2, 0) is 0 Å². The van der Waals surface area contributed by atoms with Crippen LogP contribution in [0.2, 0.25) is 0 Å². The summed E-state index contributed by atoms with van der Waals surface area (Å²) in [7, 11) is 0. The molecule has 1 N–H and O–H groups in total. The Morgan fingerprint density at radius 1 is 1.16 bits per heavy atom. The summed E-state index contributed by atoms with van der Waals surface area (Å²) in [4.78, 5) is 2.43. The van der Waals surface area contributed by atoms with Crippen molar-refractivity contribution in [2.75, 3.05) is 32.7 Å². The van der Waals surface area contributed by atoms with Gasteiger partial charge in [0.25, 0.3) is 0 Å². The van der Waals surface area contributed by atoms with Crippen molar-refractivity contribution in [1.82, 2.24) is 10.2 Å². The van der Waals surface area contributed by atoms with Gasteiger partial charge in [-0.05, 0) is 43.6 Å². The van der Waals surface area contributed by atoms with Gasteiger partial charge in [-0.3, -0.25) is 0 Å². The molecule has 1 heterocycles. The minimum absolute atomic E-state index is 0.705. The topological polar surface area (TPSA) is 15.3 Å². The Morgan fingerprint density at radius 3 is 2.89 bits per heavy atom. The molecule has 4 heteroatoms. The van der Waals surface area contributed by atoms with Crippen molar-refractivity contribution in [3.05, 3.63) is 41.5 Å². The lowest BCUT2D eigenvalue weighted by atomic mass is 10.2. The second-order valence-electron chi connectivity index (χ2n) is 4.81. The van der Waals surface area contributed by atoms with E-state index in [0.29, 0.717) is 5.56 Å². The summed E-state index contributed by atoms with van der Waals surface area (Å²) < 4.78 is 25.8. The van der Waals surface area contributed by atoms with Gasteiger partial charge in [-0.25, -0.2) is 8.78 Å². The lowest BCUT2D eigenvalue weighted by molar-refractivity contribution is 0.298. The van der Waals surface area contributed by atoms with Crippen LogP contribution in [0.4, 0.5) is 8.78 Å². The van der Waals surface area contributed by atoms with Crippen LogP contribution in [0.1, 0.15) is 18.4 Å². The number of nitrogens with one attached hydrogen (secondary N) is 1. The van der Waals surface area contributed by atoms with Crippen LogP contribution in [0, 0.1) is 11.6 Å². The lowest BCUT2D eigenvalue weighted by Gasteiger charge is -2.17. The van der Waals surface area contributed by atoms with Crippen LogP contribution in [0.25, 0.3) is 6.08 Å². The number of hydrogen-bond acceptors (Lipinski definition) is 2. The van der Waals surface area contributed by atoms with Gasteiger partial charge in [0.15, 0.2) is 11.6 Å². The van der Waals surface area contributed by atoms with Crippen LogP contribution in [0.15, 0.2) is 24.3 Å². The largest absolute Gasteiger partial charge is 0.315 e. The summed E-state index contributed by atoms with van der Waals surface area (Å²) in [6.07, 6.45) is 5.98. The third-order valence-corrected chi connectivity index (χ3v) is 3.30. The molecule has 1 aromatic carbocycles. The summed E-state index contributed by atoms with van der Waals surface area (Å²) >= 11 is 0. The molecule has 0 atom stereocenters. The SMILES string of the molecule is Fc1ccc(/C=C/CCN2CCCNCC2)cc1F. The molecule has 0 radical (unpaired) electrons. The van der Waals surface area contributed by atoms with Crippen molar-refractivity contribution in [3.8, 4) is 0 Å². The van der Waals surface area contributed by atoms with Crippen molar-refractivity contribution >= 4 is 6.08 Å². The Bertz CT molecular complexity index is 424. The van der Waals surface area contributed by atoms with E-state index in [4.69, 9.17) is 0 Å². The molecular weight excluding hydrogens is 246 g/mol. The molecule has 1 fully saturated rings. The Labute approximate surface area is 113 Å². The van der Waals surface area contributed by atoms with Gasteiger partial charge in [-0.15, -0.1) is 0 Å². The normalized spacial score (nSPS) is 17.8. The average molecular weight is 266 g/mol. The van der Waals surface area contributed by atoms with Gasteiger partial charge in [-0.2, -0.15) is 0 Å². The molecule has 0 aliphatic carbocycles. The summed E-state index contributed by atoms with van der Waals surface area (Å²) in [5.74, 6) is -1.59. The van der Waals surface area contributed by atoms with Crippen molar-refractivity contribution in [2.45, 2.75) is 12.8 Å². The van der Waals surface area contributed by atoms with Crippen LogP contribution in [0.3, 0.4) is 0 Å². The highest BCUT2D eigenvalue weighted by atomic mass is 19.2. The smallest absolute Gasteiger partial charge is 0.159 e. The van der Waals surface area contributed by atoms with E-state index in [2.05, 4.69) is 10.2 Å². The molecule has 0 unspecified atom stereocenters. The maximum atomic E-state index is 13.0. The van der Waals surface area contributed by atoms with Crippen LogP contribution >= 0.6 is 0 Å². The van der Waals surface area contributed by atoms with Crippen molar-refractivity contribution < 1.29 is 8.78 Å². The van der Waals surface area contributed by atoms with Crippen molar-refractivity contribution in [1.29, 1.82) is 0 Å². The second-order valence-corrected chi connectivity index (χ2v) is 4.81. The summed E-state index contributed by atoms with van der Waals surface area (Å²) in [6, 6.07) is 3.97. The monoisotopic (exact) mass is 266 g/mol. The Morgan fingerprint density at radius 2 is 2.05 bits per heavy atom. The average Bonchev–Trinajstić information content (AvgIpc) is 2.67. The number of nitrogens with zero attached hydrogens (tertiary/aromatic N) is 1. The zero-order chi connectivity index (χ0) is 13.5. The molecule has 1 aliphatic heterocycles. The first-order chi connectivity index (χ1) is 9.25. The summed E-state index contributed by atoms with van der Waals surface area (Å²) in [5.41, 5.74) is 0.705. The molecule has 2 rings (SSSR count). The maximum Gasteiger partial charge on any atom is 0.159 e. The highest BCUT2D eigenvalue weighted by Gasteiger charge is 2.06. The zero-order valence-electron chi connectivity index (χ0n) is 11.0. The molecule has 0 amide bonds. The minimum Gasteiger partial charge on any atom is -0.315 e. The molecule has 19 heavy (non-hydrogen) atoms. The summed E-state index contributed by atoms with van der Waals surface area (Å²) in [5, 5.41) is 3.37. The number of hydrogen-bond donors (Lipinski definition) is 1. The van der Waals surface area contributed by atoms with E-state index in [9.17, 15) is 8.78 Å². The predicted molar refractivity (Wildman–Crippen MR) is 73.9 cm³/mol. The first-order valence-electron chi connectivity index (χ1n) is 6.80. The van der Waals surface area contributed by atoms with Gasteiger partial charge >= 0.3 is 0 Å². The Balaban J connectivity index is 1.77. The van der Waals surface area contributed by atoms with Gasteiger partial charge in [-0.1, -0.05) is 18.2 Å². The molecule has 1 aliphatic rings. The molecule has 1 aromatic rings. The van der Waals surface area contributed by atoms with E-state index in [-0.39, 0.29) is 0 Å². The number of halogens is 2. The lowest BCUT2D eigenvalue weighted by Crippen LogP contribution is -2.28. The fraction of sp³-hybridized carbons (Fsp3) is 0.467. The highest BCUT2D eigenvalue weighted by molar-refractivity contribution is 5.49. The van der Waals surface area contributed by atoms with E-state index < -0.39 is 11.6 Å². The fourth-order valence-corrected chi connectivity index (χ4v) is 2.22. The maximum absolute atomic E-state index is 13.0. The quantitative estimate of drug-likeness (QED) is 0.901. The number of benzene rings is 1. The van der Waals surface area contributed by atoms with E-state index >= 15 is 0 Å². The van der Waals surface area contributed by atoms with E-state index in [0.717, 1.165) is 45.2 Å². The third-order valence-electron chi connectivity index (χ3n) is 3.30. The molecule has 0 spiro atoms. The van der Waals surface area contributed by atoms with Gasteiger partial charge in [0.05, 0.1) is 0 Å². The molecule has 1 saturated heterocycles. The molecule has 0 bridgehead atoms.